The number of carbonyl (C=O) groups is 1. The standard InChI is InChI=1S/C27H26N2O2/c30-27(21-14-6-2-7-15-21)28-24-22-16-8-9-17-23(22)31-26(24)25(20-12-4-1-5-13-20)29-18-10-3-11-19-29/h1-2,4-9,12-17,25H,3,10-11,18-19H2,(H,28,30)/t25-/m1/s1. The molecule has 4 aromatic rings. The number of rotatable bonds is 5. The first-order chi connectivity index (χ1) is 15.3. The Hall–Kier alpha value is -3.37. The van der Waals surface area contributed by atoms with E-state index in [4.69, 9.17) is 4.42 Å². The number of para-hydroxylation sites is 1. The van der Waals surface area contributed by atoms with Gasteiger partial charge in [0, 0.05) is 10.9 Å². The average molecular weight is 411 g/mol. The summed E-state index contributed by atoms with van der Waals surface area (Å²) in [6, 6.07) is 27.7. The van der Waals surface area contributed by atoms with Crippen molar-refractivity contribution in [2.24, 2.45) is 0 Å². The normalized spacial score (nSPS) is 15.6. The quantitative estimate of drug-likeness (QED) is 0.422. The van der Waals surface area contributed by atoms with Crippen molar-refractivity contribution in [3.63, 3.8) is 0 Å². The molecule has 0 bridgehead atoms. The Morgan fingerprint density at radius 1 is 0.806 bits per heavy atom. The van der Waals surface area contributed by atoms with E-state index in [0.717, 1.165) is 35.5 Å². The first-order valence-corrected chi connectivity index (χ1v) is 11.0. The van der Waals surface area contributed by atoms with Crippen molar-refractivity contribution in [1.29, 1.82) is 0 Å². The van der Waals surface area contributed by atoms with Crippen molar-refractivity contribution in [3.8, 4) is 0 Å². The summed E-state index contributed by atoms with van der Waals surface area (Å²) in [5.74, 6) is 0.678. The monoisotopic (exact) mass is 410 g/mol. The number of carbonyl (C=O) groups excluding carboxylic acids is 1. The zero-order valence-corrected chi connectivity index (χ0v) is 17.5. The molecule has 1 aliphatic heterocycles. The number of hydrogen-bond acceptors (Lipinski definition) is 3. The largest absolute Gasteiger partial charge is 0.457 e. The average Bonchev–Trinajstić information content (AvgIpc) is 3.19. The molecule has 31 heavy (non-hydrogen) atoms. The summed E-state index contributed by atoms with van der Waals surface area (Å²) in [5.41, 5.74) is 3.37. The van der Waals surface area contributed by atoms with Crippen LogP contribution in [-0.2, 0) is 0 Å². The molecular formula is C27H26N2O2. The van der Waals surface area contributed by atoms with E-state index in [1.165, 1.54) is 24.8 Å². The zero-order valence-electron chi connectivity index (χ0n) is 17.5. The highest BCUT2D eigenvalue weighted by Gasteiger charge is 2.31. The molecule has 1 amide bonds. The SMILES string of the molecule is O=C(Nc1c([C@@H](c2ccccc2)N2CCCCC2)oc2ccccc12)c1ccccc1. The van der Waals surface area contributed by atoms with Crippen LogP contribution in [0.15, 0.2) is 89.3 Å². The van der Waals surface area contributed by atoms with Gasteiger partial charge in [-0.05, 0) is 55.8 Å². The number of furan rings is 1. The zero-order chi connectivity index (χ0) is 21.0. The van der Waals surface area contributed by atoms with Gasteiger partial charge in [-0.15, -0.1) is 0 Å². The van der Waals surface area contributed by atoms with E-state index in [1.807, 2.05) is 60.7 Å². The van der Waals surface area contributed by atoms with Crippen LogP contribution in [0.5, 0.6) is 0 Å². The van der Waals surface area contributed by atoms with Gasteiger partial charge in [-0.3, -0.25) is 9.69 Å². The van der Waals surface area contributed by atoms with Gasteiger partial charge in [0.05, 0.1) is 11.7 Å². The van der Waals surface area contributed by atoms with Crippen molar-refractivity contribution in [2.75, 3.05) is 18.4 Å². The number of likely N-dealkylation sites (tertiary alicyclic amines) is 1. The van der Waals surface area contributed by atoms with Crippen LogP contribution >= 0.6 is 0 Å². The maximum atomic E-state index is 13.1. The fourth-order valence-corrected chi connectivity index (χ4v) is 4.50. The molecule has 0 radical (unpaired) electrons. The molecule has 5 rings (SSSR count). The summed E-state index contributed by atoms with van der Waals surface area (Å²) in [6.45, 7) is 2.03. The number of fused-ring (bicyclic) bond motifs is 1. The molecule has 156 valence electrons. The predicted molar refractivity (Wildman–Crippen MR) is 124 cm³/mol. The summed E-state index contributed by atoms with van der Waals surface area (Å²) >= 11 is 0. The van der Waals surface area contributed by atoms with Crippen molar-refractivity contribution >= 4 is 22.6 Å². The molecular weight excluding hydrogens is 384 g/mol. The summed E-state index contributed by atoms with van der Waals surface area (Å²) in [6.07, 6.45) is 3.61. The van der Waals surface area contributed by atoms with Crippen LogP contribution in [0.25, 0.3) is 11.0 Å². The molecule has 1 atom stereocenters. The Bertz CT molecular complexity index is 1160. The van der Waals surface area contributed by atoms with E-state index < -0.39 is 0 Å². The van der Waals surface area contributed by atoms with E-state index in [2.05, 4.69) is 34.5 Å². The molecule has 0 saturated carbocycles. The molecule has 0 unspecified atom stereocenters. The van der Waals surface area contributed by atoms with Gasteiger partial charge in [0.15, 0.2) is 0 Å². The molecule has 1 saturated heterocycles. The highest BCUT2D eigenvalue weighted by Crippen LogP contribution is 2.41. The van der Waals surface area contributed by atoms with Gasteiger partial charge >= 0.3 is 0 Å². The second-order valence-electron chi connectivity index (χ2n) is 8.07. The second kappa shape index (κ2) is 8.78. The summed E-state index contributed by atoms with van der Waals surface area (Å²) in [5, 5.41) is 4.11. The van der Waals surface area contributed by atoms with Gasteiger partial charge in [-0.2, -0.15) is 0 Å². The van der Waals surface area contributed by atoms with Gasteiger partial charge < -0.3 is 9.73 Å². The number of anilines is 1. The Morgan fingerprint density at radius 3 is 2.19 bits per heavy atom. The predicted octanol–water partition coefficient (Wildman–Crippen LogP) is 6.26. The Labute approximate surface area is 182 Å². The minimum absolute atomic E-state index is 0.0417. The highest BCUT2D eigenvalue weighted by molar-refractivity contribution is 6.09. The third kappa shape index (κ3) is 3.99. The van der Waals surface area contributed by atoms with Crippen LogP contribution in [0.4, 0.5) is 5.69 Å². The minimum atomic E-state index is -0.126. The molecule has 2 heterocycles. The number of nitrogens with zero attached hydrogens (tertiary/aromatic N) is 1. The molecule has 1 fully saturated rings. The van der Waals surface area contributed by atoms with Crippen molar-refractivity contribution in [2.45, 2.75) is 25.3 Å². The van der Waals surface area contributed by atoms with Crippen LogP contribution in [0.1, 0.15) is 47.0 Å². The minimum Gasteiger partial charge on any atom is -0.457 e. The molecule has 1 aliphatic rings. The third-order valence-corrected chi connectivity index (χ3v) is 6.02. The van der Waals surface area contributed by atoms with Crippen LogP contribution in [0.2, 0.25) is 0 Å². The molecule has 0 spiro atoms. The smallest absolute Gasteiger partial charge is 0.255 e. The molecule has 1 N–H and O–H groups in total. The third-order valence-electron chi connectivity index (χ3n) is 6.02. The topological polar surface area (TPSA) is 45.5 Å². The van der Waals surface area contributed by atoms with Gasteiger partial charge in [0.1, 0.15) is 11.3 Å². The lowest BCUT2D eigenvalue weighted by Gasteiger charge is -2.34. The Kier molecular flexibility index (Phi) is 5.55. The molecule has 3 aromatic carbocycles. The molecule has 4 nitrogen and oxygen atoms in total. The summed E-state index contributed by atoms with van der Waals surface area (Å²) in [4.78, 5) is 15.6. The molecule has 1 aromatic heterocycles. The van der Waals surface area contributed by atoms with Crippen molar-refractivity contribution in [1.82, 2.24) is 4.90 Å². The van der Waals surface area contributed by atoms with Crippen LogP contribution in [-0.4, -0.2) is 23.9 Å². The van der Waals surface area contributed by atoms with Crippen molar-refractivity contribution < 1.29 is 9.21 Å². The number of piperidine rings is 1. The fraction of sp³-hybridized carbons (Fsp3) is 0.222. The molecule has 0 aliphatic carbocycles. The van der Waals surface area contributed by atoms with Gasteiger partial charge in [-0.25, -0.2) is 0 Å². The first-order valence-electron chi connectivity index (χ1n) is 11.0. The van der Waals surface area contributed by atoms with Crippen LogP contribution in [0, 0.1) is 0 Å². The Balaban J connectivity index is 1.63. The number of hydrogen-bond donors (Lipinski definition) is 1. The van der Waals surface area contributed by atoms with E-state index in [1.54, 1.807) is 0 Å². The lowest BCUT2D eigenvalue weighted by atomic mass is 9.98. The lowest BCUT2D eigenvalue weighted by Crippen LogP contribution is -2.34. The fourth-order valence-electron chi connectivity index (χ4n) is 4.50. The lowest BCUT2D eigenvalue weighted by molar-refractivity contribution is 0.102. The number of benzene rings is 3. The summed E-state index contributed by atoms with van der Waals surface area (Å²) < 4.78 is 6.45. The van der Waals surface area contributed by atoms with E-state index >= 15 is 0 Å². The van der Waals surface area contributed by atoms with Gasteiger partial charge in [-0.1, -0.05) is 67.1 Å². The maximum absolute atomic E-state index is 13.1. The Morgan fingerprint density at radius 2 is 1.45 bits per heavy atom. The van der Waals surface area contributed by atoms with E-state index in [0.29, 0.717) is 5.56 Å². The highest BCUT2D eigenvalue weighted by atomic mass is 16.3. The van der Waals surface area contributed by atoms with Crippen molar-refractivity contribution in [3.05, 3.63) is 102 Å². The molecule has 4 heteroatoms. The number of amides is 1. The van der Waals surface area contributed by atoms with E-state index in [-0.39, 0.29) is 11.9 Å². The van der Waals surface area contributed by atoms with Gasteiger partial charge in [0.25, 0.3) is 5.91 Å². The van der Waals surface area contributed by atoms with E-state index in [9.17, 15) is 4.79 Å². The summed E-state index contributed by atoms with van der Waals surface area (Å²) in [7, 11) is 0. The second-order valence-corrected chi connectivity index (χ2v) is 8.07. The van der Waals surface area contributed by atoms with Crippen LogP contribution < -0.4 is 5.32 Å². The number of nitrogens with one attached hydrogen (secondary N) is 1. The first kappa shape index (κ1) is 19.6. The van der Waals surface area contributed by atoms with Crippen LogP contribution in [0.3, 0.4) is 0 Å². The van der Waals surface area contributed by atoms with Gasteiger partial charge in [0.2, 0.25) is 0 Å². The maximum Gasteiger partial charge on any atom is 0.255 e.